The number of hydrogen-bond acceptors (Lipinski definition) is 2. The van der Waals surface area contributed by atoms with Crippen molar-refractivity contribution in [1.82, 2.24) is 9.97 Å². The predicted octanol–water partition coefficient (Wildman–Crippen LogP) is 15.1. The van der Waals surface area contributed by atoms with Crippen LogP contribution >= 0.6 is 0 Å². The molecule has 1 aromatic heterocycles. The molecule has 0 amide bonds. The normalized spacial score (nSPS) is 15.7. The zero-order chi connectivity index (χ0) is 40.9. The van der Waals surface area contributed by atoms with Gasteiger partial charge >= 0.3 is 0 Å². The summed E-state index contributed by atoms with van der Waals surface area (Å²) in [6, 6.07) is 73.1. The average molecular weight is 779 g/mol. The Morgan fingerprint density at radius 2 is 0.934 bits per heavy atom. The molecule has 0 bridgehead atoms. The number of benzene rings is 9. The summed E-state index contributed by atoms with van der Waals surface area (Å²) in [4.78, 5) is 10.7. The minimum Gasteiger partial charge on any atom is -0.228 e. The molecular formula is C59H42N2. The highest BCUT2D eigenvalue weighted by atomic mass is 14.9. The molecule has 0 saturated carbocycles. The van der Waals surface area contributed by atoms with Gasteiger partial charge in [-0.2, -0.15) is 0 Å². The lowest BCUT2D eigenvalue weighted by Gasteiger charge is -2.28. The van der Waals surface area contributed by atoms with Crippen LogP contribution in [0.3, 0.4) is 0 Å². The van der Waals surface area contributed by atoms with Crippen molar-refractivity contribution in [3.05, 3.63) is 228 Å². The van der Waals surface area contributed by atoms with Crippen molar-refractivity contribution in [3.8, 4) is 67.3 Å². The van der Waals surface area contributed by atoms with E-state index in [1.165, 1.54) is 77.4 Å². The molecule has 288 valence electrons. The molecule has 1 unspecified atom stereocenters. The van der Waals surface area contributed by atoms with Gasteiger partial charge in [0.25, 0.3) is 0 Å². The first-order valence-electron chi connectivity index (χ1n) is 21.3. The van der Waals surface area contributed by atoms with E-state index in [-0.39, 0.29) is 10.8 Å². The summed E-state index contributed by atoms with van der Waals surface area (Å²) in [6.07, 6.45) is 0. The van der Waals surface area contributed by atoms with Crippen LogP contribution in [0.1, 0.15) is 48.6 Å². The Labute approximate surface area is 356 Å². The van der Waals surface area contributed by atoms with Gasteiger partial charge in [0.15, 0.2) is 5.82 Å². The van der Waals surface area contributed by atoms with Crippen molar-refractivity contribution in [2.24, 2.45) is 0 Å². The molecule has 2 heteroatoms. The predicted molar refractivity (Wildman–Crippen MR) is 254 cm³/mol. The molecule has 2 aliphatic rings. The van der Waals surface area contributed by atoms with E-state index in [1.54, 1.807) is 0 Å². The summed E-state index contributed by atoms with van der Waals surface area (Å²) < 4.78 is 0. The van der Waals surface area contributed by atoms with Crippen molar-refractivity contribution < 1.29 is 0 Å². The average Bonchev–Trinajstić information content (AvgIpc) is 3.73. The number of fused-ring (bicyclic) bond motifs is 9. The fraction of sp³-hybridized carbons (Fsp3) is 0.0847. The van der Waals surface area contributed by atoms with Crippen LogP contribution in [-0.2, 0) is 10.8 Å². The van der Waals surface area contributed by atoms with Crippen LogP contribution in [0.25, 0.3) is 88.8 Å². The lowest BCUT2D eigenvalue weighted by atomic mass is 9.74. The van der Waals surface area contributed by atoms with Crippen LogP contribution in [-0.4, -0.2) is 9.97 Å². The van der Waals surface area contributed by atoms with Gasteiger partial charge in [0.2, 0.25) is 0 Å². The number of aromatic nitrogens is 2. The Bertz CT molecular complexity index is 3400. The lowest BCUT2D eigenvalue weighted by Crippen LogP contribution is -2.22. The van der Waals surface area contributed by atoms with Gasteiger partial charge in [-0.15, -0.1) is 0 Å². The second-order valence-electron chi connectivity index (χ2n) is 17.4. The van der Waals surface area contributed by atoms with Crippen LogP contribution in [0.2, 0.25) is 0 Å². The van der Waals surface area contributed by atoms with Gasteiger partial charge < -0.3 is 0 Å². The highest BCUT2D eigenvalue weighted by Crippen LogP contribution is 2.56. The van der Waals surface area contributed by atoms with Crippen LogP contribution < -0.4 is 0 Å². The van der Waals surface area contributed by atoms with Crippen LogP contribution in [0.5, 0.6) is 0 Å². The summed E-state index contributed by atoms with van der Waals surface area (Å²) in [6.45, 7) is 7.11. The van der Waals surface area contributed by atoms with Crippen LogP contribution in [0, 0.1) is 0 Å². The van der Waals surface area contributed by atoms with Crippen molar-refractivity contribution in [2.75, 3.05) is 0 Å². The van der Waals surface area contributed by atoms with E-state index in [9.17, 15) is 0 Å². The molecule has 12 rings (SSSR count). The van der Waals surface area contributed by atoms with Gasteiger partial charge in [0.05, 0.1) is 11.4 Å². The molecule has 0 saturated heterocycles. The lowest BCUT2D eigenvalue weighted by molar-refractivity contribution is 0.661. The molecule has 61 heavy (non-hydrogen) atoms. The molecular weight excluding hydrogens is 737 g/mol. The molecule has 0 fully saturated rings. The Hall–Kier alpha value is -7.42. The summed E-state index contributed by atoms with van der Waals surface area (Å²) in [7, 11) is 0. The largest absolute Gasteiger partial charge is 0.228 e. The van der Waals surface area contributed by atoms with Gasteiger partial charge in [-0.1, -0.05) is 202 Å². The van der Waals surface area contributed by atoms with Crippen LogP contribution in [0.15, 0.2) is 200 Å². The topological polar surface area (TPSA) is 25.8 Å². The third-order valence-corrected chi connectivity index (χ3v) is 13.8. The highest BCUT2D eigenvalue weighted by Gasteiger charge is 2.41. The molecule has 0 aliphatic heterocycles. The van der Waals surface area contributed by atoms with Crippen LogP contribution in [0.4, 0.5) is 0 Å². The molecule has 9 aromatic carbocycles. The van der Waals surface area contributed by atoms with E-state index in [2.05, 4.69) is 215 Å². The highest BCUT2D eigenvalue weighted by molar-refractivity contribution is 6.11. The fourth-order valence-corrected chi connectivity index (χ4v) is 10.7. The molecule has 2 aliphatic carbocycles. The number of rotatable bonds is 5. The Morgan fingerprint density at radius 1 is 0.344 bits per heavy atom. The number of hydrogen-bond donors (Lipinski definition) is 0. The quantitative estimate of drug-likeness (QED) is 0.174. The number of nitrogens with zero attached hydrogens (tertiary/aromatic N) is 2. The molecule has 0 radical (unpaired) electrons. The van der Waals surface area contributed by atoms with Gasteiger partial charge in [0, 0.05) is 27.5 Å². The van der Waals surface area contributed by atoms with Gasteiger partial charge in [-0.3, -0.25) is 0 Å². The van der Waals surface area contributed by atoms with Crippen molar-refractivity contribution in [2.45, 2.75) is 31.6 Å². The molecule has 10 aromatic rings. The molecule has 1 heterocycles. The first-order chi connectivity index (χ1) is 29.9. The zero-order valence-corrected chi connectivity index (χ0v) is 34.4. The van der Waals surface area contributed by atoms with Crippen molar-refractivity contribution in [3.63, 3.8) is 0 Å². The summed E-state index contributed by atoms with van der Waals surface area (Å²) >= 11 is 0. The monoisotopic (exact) mass is 778 g/mol. The third kappa shape index (κ3) is 5.22. The van der Waals surface area contributed by atoms with Gasteiger partial charge in [-0.25, -0.2) is 9.97 Å². The van der Waals surface area contributed by atoms with E-state index < -0.39 is 0 Å². The second-order valence-corrected chi connectivity index (χ2v) is 17.4. The minimum atomic E-state index is -0.262. The Kier molecular flexibility index (Phi) is 7.74. The summed E-state index contributed by atoms with van der Waals surface area (Å²) in [5, 5.41) is 4.95. The van der Waals surface area contributed by atoms with Gasteiger partial charge in [-0.05, 0) is 102 Å². The van der Waals surface area contributed by atoms with Crippen molar-refractivity contribution in [1.29, 1.82) is 0 Å². The molecule has 0 spiro atoms. The van der Waals surface area contributed by atoms with Gasteiger partial charge in [0.1, 0.15) is 0 Å². The maximum absolute atomic E-state index is 5.35. The standard InChI is InChI=1S/C59H42N2/c1-58(2)51-28-16-26-47(56(51)55-41-22-11-10-17-37(41)29-34-52(55)58)44-31-32-46(43-24-13-12-23-42(43)44)54-36-53(60-57(61-54)38-18-6-4-7-19-38)39-30-33-50-48(35-39)45-25-14-15-27-49(45)59(50,3)40-20-8-5-9-21-40/h4-36H,1-3H3. The molecule has 2 nitrogen and oxygen atoms in total. The maximum atomic E-state index is 5.35. The van der Waals surface area contributed by atoms with E-state index in [0.717, 1.165) is 33.5 Å². The summed E-state index contributed by atoms with van der Waals surface area (Å²) in [5.74, 6) is 0.711. The summed E-state index contributed by atoms with van der Waals surface area (Å²) in [5.41, 5.74) is 19.0. The first kappa shape index (κ1) is 35.5. The smallest absolute Gasteiger partial charge is 0.160 e. The van der Waals surface area contributed by atoms with E-state index >= 15 is 0 Å². The SMILES string of the molecule is CC1(C)c2cccc(-c3ccc(-c4cc(-c5ccc6c(c5)-c5ccccc5C6(C)c5ccccc5)nc(-c5ccccc5)n4)c4ccccc34)c2-c2c1ccc1ccccc21. The minimum absolute atomic E-state index is 0.120. The molecule has 1 atom stereocenters. The maximum Gasteiger partial charge on any atom is 0.160 e. The Morgan fingerprint density at radius 3 is 1.75 bits per heavy atom. The van der Waals surface area contributed by atoms with E-state index in [1.807, 2.05) is 6.07 Å². The van der Waals surface area contributed by atoms with E-state index in [0.29, 0.717) is 5.82 Å². The zero-order valence-electron chi connectivity index (χ0n) is 34.4. The third-order valence-electron chi connectivity index (χ3n) is 13.8. The second kappa shape index (κ2) is 13.3. The fourth-order valence-electron chi connectivity index (χ4n) is 10.7. The van der Waals surface area contributed by atoms with Crippen molar-refractivity contribution >= 4 is 21.5 Å². The van der Waals surface area contributed by atoms with E-state index in [4.69, 9.17) is 9.97 Å². The Balaban J connectivity index is 1.05. The first-order valence-corrected chi connectivity index (χ1v) is 21.3. The molecule has 0 N–H and O–H groups in total.